The van der Waals surface area contributed by atoms with Crippen LogP contribution in [-0.2, 0) is 16.1 Å². The van der Waals surface area contributed by atoms with Crippen LogP contribution in [0.2, 0.25) is 0 Å². The van der Waals surface area contributed by atoms with Gasteiger partial charge in [-0.2, -0.15) is 5.10 Å². The molecule has 0 aliphatic carbocycles. The molecule has 2 aromatic carbocycles. The van der Waals surface area contributed by atoms with Crippen molar-refractivity contribution in [2.45, 2.75) is 20.4 Å². The van der Waals surface area contributed by atoms with Crippen molar-refractivity contribution in [1.29, 1.82) is 0 Å². The average Bonchev–Trinajstić information content (AvgIpc) is 3.67. The summed E-state index contributed by atoms with van der Waals surface area (Å²) in [6, 6.07) is 15.0. The summed E-state index contributed by atoms with van der Waals surface area (Å²) in [5.41, 5.74) is 11.0. The quantitative estimate of drug-likeness (QED) is 0.208. The van der Waals surface area contributed by atoms with E-state index in [9.17, 15) is 4.79 Å². The van der Waals surface area contributed by atoms with E-state index in [0.717, 1.165) is 87.5 Å². The predicted molar refractivity (Wildman–Crippen MR) is 178 cm³/mol. The number of nitrogens with zero attached hydrogens (tertiary/aromatic N) is 5. The Bertz CT molecular complexity index is 1810. The number of likely N-dealkylation sites (N-methyl/N-ethyl adjacent to an activating group) is 1. The van der Waals surface area contributed by atoms with Gasteiger partial charge in [-0.25, -0.2) is 4.98 Å². The molecule has 6 rings (SSSR count). The summed E-state index contributed by atoms with van der Waals surface area (Å²) in [7, 11) is 3.86. The van der Waals surface area contributed by atoms with Crippen LogP contribution in [0.5, 0.6) is 0 Å². The molecule has 1 aliphatic rings. The Hall–Kier alpha value is -4.73. The highest BCUT2D eigenvalue weighted by atomic mass is 16.5. The fraction of sp³-hybridized carbons (Fsp3) is 0.286. The Labute approximate surface area is 258 Å². The molecule has 44 heavy (non-hydrogen) atoms. The first kappa shape index (κ1) is 29.3. The van der Waals surface area contributed by atoms with Crippen LogP contribution in [0.1, 0.15) is 11.1 Å². The normalized spacial score (nSPS) is 13.9. The number of aryl methyl sites for hydroxylation is 2. The zero-order chi connectivity index (χ0) is 30.8. The number of hydrogen-bond donors (Lipinski definition) is 2. The van der Waals surface area contributed by atoms with E-state index in [2.05, 4.69) is 76.1 Å². The molecule has 0 bridgehead atoms. The molecule has 0 saturated carbocycles. The van der Waals surface area contributed by atoms with Crippen LogP contribution in [-0.4, -0.2) is 77.5 Å². The molecular weight excluding hydrogens is 550 g/mol. The van der Waals surface area contributed by atoms with Crippen molar-refractivity contribution in [3.8, 4) is 33.5 Å². The van der Waals surface area contributed by atoms with Gasteiger partial charge in [0, 0.05) is 79.1 Å². The number of H-pyrrole nitrogens is 1. The number of aromatic nitrogens is 4. The maximum Gasteiger partial charge on any atom is 0.247 e. The molecule has 1 saturated heterocycles. The minimum Gasteiger partial charge on any atom is -0.383 e. The van der Waals surface area contributed by atoms with Crippen LogP contribution in [0, 0.1) is 13.8 Å². The summed E-state index contributed by atoms with van der Waals surface area (Å²) in [5.74, 6) is -0.241. The molecule has 2 N–H and O–H groups in total. The fourth-order valence-electron chi connectivity index (χ4n) is 5.91. The van der Waals surface area contributed by atoms with Gasteiger partial charge in [0.05, 0.1) is 25.0 Å². The largest absolute Gasteiger partial charge is 0.383 e. The third-order valence-electron chi connectivity index (χ3n) is 8.54. The van der Waals surface area contributed by atoms with Crippen LogP contribution >= 0.6 is 0 Å². The zero-order valence-electron chi connectivity index (χ0n) is 25.9. The molecule has 0 unspecified atom stereocenters. The number of pyridine rings is 1. The van der Waals surface area contributed by atoms with Gasteiger partial charge in [-0.3, -0.25) is 9.48 Å². The van der Waals surface area contributed by atoms with Gasteiger partial charge in [0.2, 0.25) is 5.91 Å². The van der Waals surface area contributed by atoms with E-state index >= 15 is 0 Å². The average molecular weight is 590 g/mol. The van der Waals surface area contributed by atoms with Gasteiger partial charge in [-0.05, 0) is 67.4 Å². The Morgan fingerprint density at radius 2 is 1.80 bits per heavy atom. The maximum absolute atomic E-state index is 12.3. The summed E-state index contributed by atoms with van der Waals surface area (Å²) in [4.78, 5) is 25.6. The molecule has 0 radical (unpaired) electrons. The number of methoxy groups -OCH3 is 1. The van der Waals surface area contributed by atoms with Gasteiger partial charge < -0.3 is 24.8 Å². The van der Waals surface area contributed by atoms with Crippen molar-refractivity contribution in [1.82, 2.24) is 24.6 Å². The first-order valence-corrected chi connectivity index (χ1v) is 15.0. The van der Waals surface area contributed by atoms with Gasteiger partial charge in [0.25, 0.3) is 0 Å². The highest BCUT2D eigenvalue weighted by Gasteiger charge is 2.22. The number of ether oxygens (including phenoxy) is 1. The van der Waals surface area contributed by atoms with E-state index in [-0.39, 0.29) is 5.91 Å². The minimum absolute atomic E-state index is 0.241. The summed E-state index contributed by atoms with van der Waals surface area (Å²) in [6.07, 6.45) is 7.12. The zero-order valence-corrected chi connectivity index (χ0v) is 25.9. The first-order valence-electron chi connectivity index (χ1n) is 15.0. The van der Waals surface area contributed by atoms with Crippen molar-refractivity contribution in [3.05, 3.63) is 84.8 Å². The summed E-state index contributed by atoms with van der Waals surface area (Å²) in [5, 5.41) is 8.55. The lowest BCUT2D eigenvalue weighted by Gasteiger charge is -2.34. The van der Waals surface area contributed by atoms with Crippen LogP contribution in [0.4, 0.5) is 11.4 Å². The second kappa shape index (κ2) is 12.5. The number of carbonyl (C=O) groups is 1. The maximum atomic E-state index is 12.3. The van der Waals surface area contributed by atoms with E-state index in [4.69, 9.17) is 9.72 Å². The van der Waals surface area contributed by atoms with Crippen LogP contribution in [0.3, 0.4) is 0 Å². The molecule has 3 aromatic heterocycles. The standard InChI is InChI=1S/C35H39N7O2/c1-6-31(43)38-30-19-26(8-7-23(30)2)33-32-24(3)29(27-20-37-42(22-27)17-18-44-5)21-36-35(32)39-34(33)25-9-11-28(12-10-25)41-15-13-40(4)14-16-41/h6-12,19-22H,1,13-18H2,2-5H3,(H,36,39)(H,38,43). The molecule has 4 heterocycles. The summed E-state index contributed by atoms with van der Waals surface area (Å²) < 4.78 is 7.12. The Balaban J connectivity index is 1.49. The molecule has 0 spiro atoms. The first-order chi connectivity index (χ1) is 21.4. The van der Waals surface area contributed by atoms with Crippen molar-refractivity contribution in [2.24, 2.45) is 0 Å². The molecule has 1 fully saturated rings. The van der Waals surface area contributed by atoms with Crippen LogP contribution in [0.15, 0.2) is 73.7 Å². The van der Waals surface area contributed by atoms with E-state index in [1.165, 1.54) is 11.8 Å². The van der Waals surface area contributed by atoms with Crippen LogP contribution in [0.25, 0.3) is 44.5 Å². The van der Waals surface area contributed by atoms with E-state index in [1.54, 1.807) is 7.11 Å². The third-order valence-corrected chi connectivity index (χ3v) is 8.54. The van der Waals surface area contributed by atoms with Crippen molar-refractivity contribution >= 4 is 28.3 Å². The van der Waals surface area contributed by atoms with Crippen molar-refractivity contribution < 1.29 is 9.53 Å². The molecule has 5 aromatic rings. The number of amides is 1. The van der Waals surface area contributed by atoms with Crippen LogP contribution < -0.4 is 10.2 Å². The number of fused-ring (bicyclic) bond motifs is 1. The molecule has 9 nitrogen and oxygen atoms in total. The lowest BCUT2D eigenvalue weighted by Crippen LogP contribution is -2.44. The molecule has 1 amide bonds. The second-order valence-corrected chi connectivity index (χ2v) is 11.4. The number of anilines is 2. The van der Waals surface area contributed by atoms with E-state index in [1.807, 2.05) is 42.3 Å². The Kier molecular flexibility index (Phi) is 8.32. The molecule has 1 aliphatic heterocycles. The number of piperazine rings is 1. The van der Waals surface area contributed by atoms with Gasteiger partial charge in [-0.1, -0.05) is 30.8 Å². The number of nitrogens with one attached hydrogen (secondary N) is 2. The topological polar surface area (TPSA) is 91.3 Å². The number of carbonyl (C=O) groups excluding carboxylic acids is 1. The highest BCUT2D eigenvalue weighted by Crippen LogP contribution is 2.42. The summed E-state index contributed by atoms with van der Waals surface area (Å²) >= 11 is 0. The lowest BCUT2D eigenvalue weighted by atomic mass is 9.93. The van der Waals surface area contributed by atoms with Gasteiger partial charge >= 0.3 is 0 Å². The fourth-order valence-corrected chi connectivity index (χ4v) is 5.91. The minimum atomic E-state index is -0.241. The highest BCUT2D eigenvalue weighted by molar-refractivity contribution is 6.07. The molecule has 226 valence electrons. The monoisotopic (exact) mass is 589 g/mol. The predicted octanol–water partition coefficient (Wildman–Crippen LogP) is 5.90. The number of hydrogen-bond acceptors (Lipinski definition) is 6. The number of benzene rings is 2. The molecular formula is C35H39N7O2. The van der Waals surface area contributed by atoms with Gasteiger partial charge in [0.1, 0.15) is 5.65 Å². The van der Waals surface area contributed by atoms with Gasteiger partial charge in [0.15, 0.2) is 0 Å². The van der Waals surface area contributed by atoms with Gasteiger partial charge in [-0.15, -0.1) is 0 Å². The second-order valence-electron chi connectivity index (χ2n) is 11.4. The number of rotatable bonds is 9. The Morgan fingerprint density at radius 1 is 1.05 bits per heavy atom. The lowest BCUT2D eigenvalue weighted by molar-refractivity contribution is -0.111. The van der Waals surface area contributed by atoms with E-state index < -0.39 is 0 Å². The SMILES string of the molecule is C=CC(=O)Nc1cc(-c2c(-c3ccc(N4CCN(C)CC4)cc3)[nH]c3ncc(-c4cnn(CCOC)c4)c(C)c23)ccc1C. The smallest absolute Gasteiger partial charge is 0.247 e. The summed E-state index contributed by atoms with van der Waals surface area (Å²) in [6.45, 7) is 13.2. The third kappa shape index (κ3) is 5.76. The van der Waals surface area contributed by atoms with Crippen molar-refractivity contribution in [3.63, 3.8) is 0 Å². The number of aromatic amines is 1. The van der Waals surface area contributed by atoms with E-state index in [0.29, 0.717) is 13.2 Å². The van der Waals surface area contributed by atoms with Crippen molar-refractivity contribution in [2.75, 3.05) is 57.2 Å². The molecule has 9 heteroatoms. The Morgan fingerprint density at radius 3 is 2.52 bits per heavy atom. The molecule has 0 atom stereocenters.